The minimum absolute atomic E-state index is 0.0121. The maximum atomic E-state index is 13.1. The van der Waals surface area contributed by atoms with Gasteiger partial charge < -0.3 is 9.26 Å². The molecule has 28 heavy (non-hydrogen) atoms. The van der Waals surface area contributed by atoms with Gasteiger partial charge in [-0.05, 0) is 25.0 Å². The number of benzene rings is 1. The van der Waals surface area contributed by atoms with Gasteiger partial charge in [0, 0.05) is 13.0 Å². The average molecular weight is 410 g/mol. The molecule has 1 aliphatic rings. The van der Waals surface area contributed by atoms with Gasteiger partial charge in [-0.25, -0.2) is 8.42 Å². The summed E-state index contributed by atoms with van der Waals surface area (Å²) in [6.07, 6.45) is 4.60. The molecule has 1 N–H and O–H groups in total. The molecule has 3 rings (SSSR count). The van der Waals surface area contributed by atoms with Crippen molar-refractivity contribution in [2.75, 3.05) is 7.11 Å². The number of ether oxygens (including phenoxy) is 1. The zero-order chi connectivity index (χ0) is 20.4. The number of nitrogens with zero attached hydrogens (tertiary/aromatic N) is 3. The Balaban J connectivity index is 2.02. The monoisotopic (exact) mass is 410 g/mol. The first-order valence-corrected chi connectivity index (χ1v) is 10.4. The summed E-state index contributed by atoms with van der Waals surface area (Å²) in [5.74, 6) is 0.623. The molecule has 11 heteroatoms. The fourth-order valence-electron chi connectivity index (χ4n) is 3.49. The summed E-state index contributed by atoms with van der Waals surface area (Å²) >= 11 is 0. The highest BCUT2D eigenvalue weighted by Crippen LogP contribution is 2.37. The van der Waals surface area contributed by atoms with E-state index in [4.69, 9.17) is 9.26 Å². The molecule has 0 amide bonds. The largest absolute Gasteiger partial charge is 0.490 e. The van der Waals surface area contributed by atoms with E-state index in [1.165, 1.54) is 19.2 Å². The first-order valence-electron chi connectivity index (χ1n) is 8.95. The molecule has 1 aliphatic carbocycles. The predicted molar refractivity (Wildman–Crippen MR) is 98.4 cm³/mol. The first-order chi connectivity index (χ1) is 13.3. The van der Waals surface area contributed by atoms with Gasteiger partial charge in [0.15, 0.2) is 11.6 Å². The lowest BCUT2D eigenvalue weighted by molar-refractivity contribution is -0.386. The number of aromatic nitrogens is 2. The van der Waals surface area contributed by atoms with E-state index in [1.807, 2.05) is 0 Å². The summed E-state index contributed by atoms with van der Waals surface area (Å²) in [6, 6.07) is 3.54. The van der Waals surface area contributed by atoms with E-state index in [-0.39, 0.29) is 10.6 Å². The van der Waals surface area contributed by atoms with Crippen LogP contribution in [0.5, 0.6) is 5.75 Å². The van der Waals surface area contributed by atoms with Crippen LogP contribution in [0.15, 0.2) is 27.6 Å². The minimum atomic E-state index is -4.09. The van der Waals surface area contributed by atoms with Crippen LogP contribution in [0.4, 0.5) is 5.69 Å². The van der Waals surface area contributed by atoms with E-state index in [9.17, 15) is 18.5 Å². The predicted octanol–water partition coefficient (Wildman–Crippen LogP) is 2.82. The lowest BCUT2D eigenvalue weighted by Gasteiger charge is -2.30. The maximum Gasteiger partial charge on any atom is 0.312 e. The number of rotatable bonds is 6. The van der Waals surface area contributed by atoms with Crippen LogP contribution in [0.2, 0.25) is 0 Å². The number of nitrogens with one attached hydrogen (secondary N) is 1. The Morgan fingerprint density at radius 1 is 1.25 bits per heavy atom. The number of nitro benzene ring substituents is 1. The molecule has 2 aromatic rings. The van der Waals surface area contributed by atoms with Gasteiger partial charge in [0.25, 0.3) is 0 Å². The minimum Gasteiger partial charge on any atom is -0.490 e. The summed E-state index contributed by atoms with van der Waals surface area (Å²) in [5, 5.41) is 15.2. The SMILES string of the molecule is COc1ccc(S(=O)(=O)NC2(c3noc(C)n3)CCCCCC2)cc1[N+](=O)[O-]. The van der Waals surface area contributed by atoms with Crippen LogP contribution in [0.3, 0.4) is 0 Å². The Kier molecular flexibility index (Phi) is 5.66. The van der Waals surface area contributed by atoms with E-state index in [1.54, 1.807) is 6.92 Å². The van der Waals surface area contributed by atoms with Crippen LogP contribution < -0.4 is 9.46 Å². The Labute approximate surface area is 162 Å². The molecule has 0 unspecified atom stereocenters. The highest BCUT2D eigenvalue weighted by molar-refractivity contribution is 7.89. The van der Waals surface area contributed by atoms with Crippen molar-refractivity contribution in [1.82, 2.24) is 14.9 Å². The molecule has 0 atom stereocenters. The molecule has 10 nitrogen and oxygen atoms in total. The molecule has 152 valence electrons. The number of hydrogen-bond acceptors (Lipinski definition) is 8. The summed E-state index contributed by atoms with van der Waals surface area (Å²) in [5.41, 5.74) is -1.43. The average Bonchev–Trinajstić information content (AvgIpc) is 2.97. The molecular formula is C17H22N4O6S. The van der Waals surface area contributed by atoms with Crippen molar-refractivity contribution in [2.24, 2.45) is 0 Å². The second-order valence-corrected chi connectivity index (χ2v) is 8.51. The highest BCUT2D eigenvalue weighted by Gasteiger charge is 2.41. The van der Waals surface area contributed by atoms with Crippen LogP contribution in [0, 0.1) is 17.0 Å². The zero-order valence-corrected chi connectivity index (χ0v) is 16.5. The molecule has 0 aliphatic heterocycles. The summed E-state index contributed by atoms with van der Waals surface area (Å²) in [4.78, 5) is 14.6. The normalized spacial score (nSPS) is 17.1. The Hall–Kier alpha value is -2.53. The van der Waals surface area contributed by atoms with E-state index in [0.29, 0.717) is 24.6 Å². The molecule has 0 radical (unpaired) electrons. The van der Waals surface area contributed by atoms with Crippen molar-refractivity contribution in [3.05, 3.63) is 40.0 Å². The van der Waals surface area contributed by atoms with Crippen LogP contribution in [0.1, 0.15) is 50.2 Å². The van der Waals surface area contributed by atoms with Crippen molar-refractivity contribution >= 4 is 15.7 Å². The number of nitro groups is 1. The summed E-state index contributed by atoms with van der Waals surface area (Å²) in [6.45, 7) is 1.64. The van der Waals surface area contributed by atoms with Crippen molar-refractivity contribution in [1.29, 1.82) is 0 Å². The third kappa shape index (κ3) is 3.99. The van der Waals surface area contributed by atoms with Gasteiger partial charge in [-0.15, -0.1) is 0 Å². The van der Waals surface area contributed by atoms with Gasteiger partial charge in [-0.1, -0.05) is 30.8 Å². The summed E-state index contributed by atoms with van der Waals surface area (Å²) < 4.78 is 39.0. The molecule has 1 aromatic heterocycles. The maximum absolute atomic E-state index is 13.1. The van der Waals surface area contributed by atoms with E-state index >= 15 is 0 Å². The second kappa shape index (κ2) is 7.84. The molecule has 1 aromatic carbocycles. The molecule has 1 saturated carbocycles. The lowest BCUT2D eigenvalue weighted by atomic mass is 9.91. The van der Waals surface area contributed by atoms with E-state index in [2.05, 4.69) is 14.9 Å². The van der Waals surface area contributed by atoms with Gasteiger partial charge >= 0.3 is 5.69 Å². The van der Waals surface area contributed by atoms with E-state index < -0.39 is 26.2 Å². The standard InChI is InChI=1S/C17H22N4O6S/c1-12-18-16(19-27-12)17(9-5-3-4-6-10-17)20-28(24,25)13-7-8-15(26-2)14(11-13)21(22)23/h7-8,11,20H,3-6,9-10H2,1-2H3. The van der Waals surface area contributed by atoms with Crippen LogP contribution in [-0.4, -0.2) is 30.6 Å². The third-order valence-electron chi connectivity index (χ3n) is 4.90. The van der Waals surface area contributed by atoms with Crippen molar-refractivity contribution < 1.29 is 22.6 Å². The molecule has 0 spiro atoms. The number of sulfonamides is 1. The molecule has 0 bridgehead atoms. The van der Waals surface area contributed by atoms with Crippen LogP contribution in [0.25, 0.3) is 0 Å². The van der Waals surface area contributed by atoms with Gasteiger partial charge in [0.1, 0.15) is 0 Å². The zero-order valence-electron chi connectivity index (χ0n) is 15.7. The number of methoxy groups -OCH3 is 1. The second-order valence-electron chi connectivity index (χ2n) is 6.83. The number of hydrogen-bond donors (Lipinski definition) is 1. The van der Waals surface area contributed by atoms with Gasteiger partial charge in [0.05, 0.1) is 22.5 Å². The first kappa shape index (κ1) is 20.2. The Morgan fingerprint density at radius 2 is 1.93 bits per heavy atom. The molecule has 1 heterocycles. The molecular weight excluding hydrogens is 388 g/mol. The molecule has 0 saturated heterocycles. The van der Waals surface area contributed by atoms with Crippen LogP contribution in [-0.2, 0) is 15.6 Å². The third-order valence-corrected chi connectivity index (χ3v) is 6.43. The fraction of sp³-hybridized carbons (Fsp3) is 0.529. The van der Waals surface area contributed by atoms with Crippen molar-refractivity contribution in [3.63, 3.8) is 0 Å². The lowest BCUT2D eigenvalue weighted by Crippen LogP contribution is -2.46. The van der Waals surface area contributed by atoms with Crippen molar-refractivity contribution in [2.45, 2.75) is 55.9 Å². The van der Waals surface area contributed by atoms with Crippen LogP contribution >= 0.6 is 0 Å². The fourth-order valence-corrected chi connectivity index (χ4v) is 4.93. The number of aryl methyl sites for hydroxylation is 1. The summed E-state index contributed by atoms with van der Waals surface area (Å²) in [7, 11) is -2.80. The quantitative estimate of drug-likeness (QED) is 0.436. The van der Waals surface area contributed by atoms with E-state index in [0.717, 1.165) is 31.7 Å². The van der Waals surface area contributed by atoms with Gasteiger partial charge in [0.2, 0.25) is 15.9 Å². The Morgan fingerprint density at radius 3 is 2.46 bits per heavy atom. The smallest absolute Gasteiger partial charge is 0.312 e. The van der Waals surface area contributed by atoms with Gasteiger partial charge in [-0.3, -0.25) is 10.1 Å². The highest BCUT2D eigenvalue weighted by atomic mass is 32.2. The Bertz CT molecular complexity index is 964. The van der Waals surface area contributed by atoms with Gasteiger partial charge in [-0.2, -0.15) is 9.71 Å². The topological polar surface area (TPSA) is 137 Å². The van der Waals surface area contributed by atoms with Crippen molar-refractivity contribution in [3.8, 4) is 5.75 Å². The molecule has 1 fully saturated rings.